The quantitative estimate of drug-likeness (QED) is 0.388. The molecule has 2 aromatic carbocycles. The van der Waals surface area contributed by atoms with Gasteiger partial charge >= 0.3 is 0 Å². The third-order valence-corrected chi connectivity index (χ3v) is 4.86. The predicted molar refractivity (Wildman–Crippen MR) is 102 cm³/mol. The third kappa shape index (κ3) is 5.26. The largest absolute Gasteiger partial charge is 0.487 e. The molecule has 3 nitrogen and oxygen atoms in total. The molecule has 0 atom stereocenters. The molecule has 1 heterocycles. The Morgan fingerprint density at radius 3 is 2.56 bits per heavy atom. The second-order valence-electron chi connectivity index (χ2n) is 5.86. The zero-order valence-electron chi connectivity index (χ0n) is 14.1. The van der Waals surface area contributed by atoms with Gasteiger partial charge in [0.1, 0.15) is 23.7 Å². The number of carbonyl (C=O) groups is 1. The molecule has 1 aromatic heterocycles. The maximum atomic E-state index is 10.3. The van der Waals surface area contributed by atoms with Crippen molar-refractivity contribution in [2.75, 3.05) is 0 Å². The summed E-state index contributed by atoms with van der Waals surface area (Å²) in [5, 5.41) is 3.06. The van der Waals surface area contributed by atoms with Gasteiger partial charge in [0, 0.05) is 17.4 Å². The number of thiazole rings is 1. The number of unbranched alkanes of at least 4 members (excludes halogenated alkanes) is 2. The second kappa shape index (κ2) is 9.14. The van der Waals surface area contributed by atoms with Crippen molar-refractivity contribution in [3.8, 4) is 16.3 Å². The summed E-state index contributed by atoms with van der Waals surface area (Å²) in [4.78, 5) is 14.9. The fraction of sp³-hybridized carbons (Fsp3) is 0.238. The Kier molecular flexibility index (Phi) is 6.35. The van der Waals surface area contributed by atoms with Crippen LogP contribution in [0.15, 0.2) is 60.0 Å². The number of ether oxygens (including phenoxy) is 1. The van der Waals surface area contributed by atoms with E-state index in [1.807, 2.05) is 35.7 Å². The normalized spacial score (nSPS) is 10.6. The van der Waals surface area contributed by atoms with Crippen molar-refractivity contribution >= 4 is 17.6 Å². The maximum Gasteiger partial charge on any atom is 0.131 e. The molecule has 3 rings (SSSR count). The van der Waals surface area contributed by atoms with Crippen LogP contribution in [0.2, 0.25) is 0 Å². The maximum absolute atomic E-state index is 10.3. The summed E-state index contributed by atoms with van der Waals surface area (Å²) in [6.07, 6.45) is 4.63. The molecule has 0 amide bonds. The molecule has 0 aliphatic heterocycles. The molecule has 0 N–H and O–H groups in total. The van der Waals surface area contributed by atoms with Gasteiger partial charge in [-0.15, -0.1) is 11.3 Å². The summed E-state index contributed by atoms with van der Waals surface area (Å²) in [6, 6.07) is 18.4. The molecular formula is C21H21NO2S. The van der Waals surface area contributed by atoms with Crippen LogP contribution in [-0.2, 0) is 17.8 Å². The van der Waals surface area contributed by atoms with Gasteiger partial charge in [0.2, 0.25) is 0 Å². The first-order valence-corrected chi connectivity index (χ1v) is 9.38. The molecular weight excluding hydrogens is 330 g/mol. The van der Waals surface area contributed by atoms with Crippen molar-refractivity contribution in [1.82, 2.24) is 4.98 Å². The highest BCUT2D eigenvalue weighted by Gasteiger charge is 2.05. The van der Waals surface area contributed by atoms with E-state index in [9.17, 15) is 4.79 Å². The lowest BCUT2D eigenvalue weighted by molar-refractivity contribution is -0.107. The number of aldehydes is 1. The average molecular weight is 351 g/mol. The Hall–Kier alpha value is -2.46. The minimum Gasteiger partial charge on any atom is -0.487 e. The van der Waals surface area contributed by atoms with Crippen LogP contribution >= 0.6 is 11.3 Å². The minimum atomic E-state index is 0.474. The van der Waals surface area contributed by atoms with Crippen molar-refractivity contribution < 1.29 is 9.53 Å². The van der Waals surface area contributed by atoms with Crippen LogP contribution < -0.4 is 4.74 Å². The lowest BCUT2D eigenvalue weighted by Gasteiger charge is -2.06. The van der Waals surface area contributed by atoms with Gasteiger partial charge in [-0.2, -0.15) is 0 Å². The fourth-order valence-electron chi connectivity index (χ4n) is 2.55. The molecule has 3 aromatic rings. The Morgan fingerprint density at radius 1 is 1.00 bits per heavy atom. The van der Waals surface area contributed by atoms with Gasteiger partial charge in [-0.25, -0.2) is 4.98 Å². The number of hydrogen-bond donors (Lipinski definition) is 0. The highest BCUT2D eigenvalue weighted by Crippen LogP contribution is 2.24. The molecule has 0 aliphatic rings. The van der Waals surface area contributed by atoms with Gasteiger partial charge in [-0.3, -0.25) is 0 Å². The van der Waals surface area contributed by atoms with Crippen molar-refractivity contribution in [3.63, 3.8) is 0 Å². The minimum absolute atomic E-state index is 0.474. The van der Waals surface area contributed by atoms with Gasteiger partial charge in [-0.1, -0.05) is 42.5 Å². The van der Waals surface area contributed by atoms with Crippen LogP contribution in [0.1, 0.15) is 30.5 Å². The number of nitrogens with zero attached hydrogens (tertiary/aromatic N) is 1. The van der Waals surface area contributed by atoms with E-state index in [1.54, 1.807) is 11.3 Å². The Balaban J connectivity index is 1.50. The third-order valence-electron chi connectivity index (χ3n) is 3.92. The Morgan fingerprint density at radius 2 is 1.80 bits per heavy atom. The zero-order valence-corrected chi connectivity index (χ0v) is 14.9. The van der Waals surface area contributed by atoms with Crippen LogP contribution in [-0.4, -0.2) is 11.3 Å². The van der Waals surface area contributed by atoms with Crippen LogP contribution in [0.4, 0.5) is 0 Å². The lowest BCUT2D eigenvalue weighted by atomic mass is 10.1. The van der Waals surface area contributed by atoms with Crippen LogP contribution in [0.25, 0.3) is 10.6 Å². The Labute approximate surface area is 152 Å². The molecule has 0 radical (unpaired) electrons. The standard InChI is InChI=1S/C21H21NO2S/c23-14-6-2-3-7-17-10-12-20(13-11-17)24-15-19-16-25-21(22-19)18-8-4-1-5-9-18/h1,4-5,8-14,16H,2-3,6-7,15H2. The molecule has 0 spiro atoms. The highest BCUT2D eigenvalue weighted by molar-refractivity contribution is 7.13. The first-order chi connectivity index (χ1) is 12.3. The number of carbonyl (C=O) groups excluding carboxylic acids is 1. The van der Waals surface area contributed by atoms with Gasteiger partial charge in [-0.05, 0) is 37.0 Å². The van der Waals surface area contributed by atoms with E-state index >= 15 is 0 Å². The second-order valence-corrected chi connectivity index (χ2v) is 6.71. The molecule has 0 aliphatic carbocycles. The first kappa shape index (κ1) is 17.4. The number of hydrogen-bond acceptors (Lipinski definition) is 4. The summed E-state index contributed by atoms with van der Waals surface area (Å²) in [5.41, 5.74) is 3.36. The van der Waals surface area contributed by atoms with E-state index in [0.29, 0.717) is 13.0 Å². The summed E-state index contributed by atoms with van der Waals surface area (Å²) < 4.78 is 5.84. The molecule has 25 heavy (non-hydrogen) atoms. The smallest absolute Gasteiger partial charge is 0.131 e. The highest BCUT2D eigenvalue weighted by atomic mass is 32.1. The lowest BCUT2D eigenvalue weighted by Crippen LogP contribution is -1.96. The number of rotatable bonds is 9. The fourth-order valence-corrected chi connectivity index (χ4v) is 3.36. The summed E-state index contributed by atoms with van der Waals surface area (Å²) in [7, 11) is 0. The average Bonchev–Trinajstić information content (AvgIpc) is 3.14. The van der Waals surface area contributed by atoms with Gasteiger partial charge in [0.25, 0.3) is 0 Å². The Bertz CT molecular complexity index is 781. The van der Waals surface area contributed by atoms with Crippen LogP contribution in [0, 0.1) is 0 Å². The molecule has 128 valence electrons. The van der Waals surface area contributed by atoms with E-state index in [-0.39, 0.29) is 0 Å². The summed E-state index contributed by atoms with van der Waals surface area (Å²) >= 11 is 1.64. The van der Waals surface area contributed by atoms with Crippen molar-refractivity contribution in [1.29, 1.82) is 0 Å². The topological polar surface area (TPSA) is 39.2 Å². The monoisotopic (exact) mass is 351 g/mol. The van der Waals surface area contributed by atoms with E-state index in [4.69, 9.17) is 4.74 Å². The summed E-state index contributed by atoms with van der Waals surface area (Å²) in [6.45, 7) is 0.474. The van der Waals surface area contributed by atoms with Crippen LogP contribution in [0.5, 0.6) is 5.75 Å². The van der Waals surface area contributed by atoms with Crippen LogP contribution in [0.3, 0.4) is 0 Å². The molecule has 0 fully saturated rings. The summed E-state index contributed by atoms with van der Waals surface area (Å²) in [5.74, 6) is 0.853. The van der Waals surface area contributed by atoms with E-state index < -0.39 is 0 Å². The van der Waals surface area contributed by atoms with Crippen molar-refractivity contribution in [3.05, 3.63) is 71.2 Å². The van der Waals surface area contributed by atoms with E-state index in [1.165, 1.54) is 5.56 Å². The molecule has 0 unspecified atom stereocenters. The van der Waals surface area contributed by atoms with Gasteiger partial charge in [0.05, 0.1) is 5.69 Å². The SMILES string of the molecule is O=CCCCCc1ccc(OCc2csc(-c3ccccc3)n2)cc1. The predicted octanol–water partition coefficient (Wildman–Crippen LogP) is 5.30. The van der Waals surface area contributed by atoms with Crippen molar-refractivity contribution in [2.45, 2.75) is 32.3 Å². The number of aromatic nitrogens is 1. The molecule has 0 saturated carbocycles. The van der Waals surface area contributed by atoms with Gasteiger partial charge in [0.15, 0.2) is 0 Å². The first-order valence-electron chi connectivity index (χ1n) is 8.50. The molecule has 4 heteroatoms. The number of aryl methyl sites for hydroxylation is 1. The van der Waals surface area contributed by atoms with Crippen molar-refractivity contribution in [2.24, 2.45) is 0 Å². The zero-order chi connectivity index (χ0) is 17.3. The molecule has 0 bridgehead atoms. The molecule has 0 saturated heterocycles. The number of benzene rings is 2. The van der Waals surface area contributed by atoms with E-state index in [2.05, 4.69) is 29.2 Å². The van der Waals surface area contributed by atoms with Gasteiger partial charge < -0.3 is 9.53 Å². The van der Waals surface area contributed by atoms with E-state index in [0.717, 1.165) is 47.6 Å².